The lowest BCUT2D eigenvalue weighted by molar-refractivity contribution is 0.325. The van der Waals surface area contributed by atoms with Crippen LogP contribution in [0.5, 0.6) is 0 Å². The quantitative estimate of drug-likeness (QED) is 0.418. The summed E-state index contributed by atoms with van der Waals surface area (Å²) in [5.41, 5.74) is 0. The average molecular weight is 92.1 g/mol. The summed E-state index contributed by atoms with van der Waals surface area (Å²) in [6, 6.07) is 0. The van der Waals surface area contributed by atoms with E-state index in [1.165, 1.54) is 0 Å². The second-order valence-electron chi connectivity index (χ2n) is 1.07. The lowest BCUT2D eigenvalue weighted by atomic mass is 10.4. The first-order valence-corrected chi connectivity index (χ1v) is 1.57. The first-order valence-electron chi connectivity index (χ1n) is 4.57. The first-order chi connectivity index (χ1) is 5.16. The molecule has 0 aliphatic carbocycles. The highest BCUT2D eigenvalue weighted by Gasteiger charge is 2.41. The van der Waals surface area contributed by atoms with Crippen LogP contribution in [0, 0.1) is 0 Å². The van der Waals surface area contributed by atoms with Gasteiger partial charge in [-0.1, -0.05) is 0 Å². The fraction of sp³-hybridized carbons (Fsp3) is 1.00. The van der Waals surface area contributed by atoms with Crippen LogP contribution in [0.25, 0.3) is 0 Å². The smallest absolute Gasteiger partial charge is 0.109 e. The summed E-state index contributed by atoms with van der Waals surface area (Å²) in [4.78, 5) is 0. The molecule has 2 nitrogen and oxygen atoms in total. The van der Waals surface area contributed by atoms with E-state index < -0.39 is 25.3 Å². The fourth-order valence-corrected chi connectivity index (χ4v) is 0.236. The van der Waals surface area contributed by atoms with Crippen LogP contribution in [0.3, 0.4) is 0 Å². The second kappa shape index (κ2) is 0.768. The topological polar surface area (TPSA) is 25.1 Å². The molecule has 6 heavy (non-hydrogen) atoms. The molecule has 2 heteroatoms. The highest BCUT2D eigenvalue weighted by atomic mass is 16.6. The van der Waals surface area contributed by atoms with E-state index in [0.29, 0.717) is 0 Å². The van der Waals surface area contributed by atoms with Gasteiger partial charge in [-0.2, -0.15) is 0 Å². The van der Waals surface area contributed by atoms with Gasteiger partial charge in [0.15, 0.2) is 0 Å². The molecule has 2 saturated heterocycles. The predicted molar refractivity (Wildman–Crippen MR) is 19.5 cm³/mol. The Morgan fingerprint density at radius 2 is 1.83 bits per heavy atom. The number of epoxide rings is 2. The van der Waals surface area contributed by atoms with Crippen molar-refractivity contribution >= 4 is 0 Å². The summed E-state index contributed by atoms with van der Waals surface area (Å²) in [5, 5.41) is 0. The molecule has 2 aliphatic rings. The van der Waals surface area contributed by atoms with E-state index in [9.17, 15) is 0 Å². The minimum atomic E-state index is -2.28. The SMILES string of the molecule is [2H]C1([2H])OC1([2H])C1([2H])OC1([2H])[2H]. The van der Waals surface area contributed by atoms with Gasteiger partial charge in [0.25, 0.3) is 0 Å². The largest absolute Gasteiger partial charge is 0.370 e. The van der Waals surface area contributed by atoms with Crippen molar-refractivity contribution < 1.29 is 17.7 Å². The van der Waals surface area contributed by atoms with Gasteiger partial charge in [0.2, 0.25) is 0 Å². The second-order valence-corrected chi connectivity index (χ2v) is 1.07. The monoisotopic (exact) mass is 92.1 g/mol. The zero-order valence-corrected chi connectivity index (χ0v) is 2.82. The molecule has 0 spiro atoms. The van der Waals surface area contributed by atoms with E-state index >= 15 is 0 Å². The maximum Gasteiger partial charge on any atom is 0.109 e. The Hall–Kier alpha value is -0.0800. The molecule has 0 aromatic carbocycles. The molecular formula is C4H6O2. The Kier molecular flexibility index (Phi) is 0.110. The number of rotatable bonds is 1. The number of hydrogen-bond donors (Lipinski definition) is 0. The molecule has 2 rings (SSSR count). The van der Waals surface area contributed by atoms with Crippen molar-refractivity contribution in [3.8, 4) is 0 Å². The van der Waals surface area contributed by atoms with Gasteiger partial charge in [-0.05, 0) is 0 Å². The lowest BCUT2D eigenvalue weighted by Crippen LogP contribution is -1.92. The lowest BCUT2D eigenvalue weighted by Gasteiger charge is -1.70. The van der Waals surface area contributed by atoms with Crippen LogP contribution in [0.1, 0.15) is 8.22 Å². The summed E-state index contributed by atoms with van der Waals surface area (Å²) in [6.07, 6.45) is -4.44. The molecule has 0 N–H and O–H groups in total. The molecule has 0 bridgehead atoms. The maximum absolute atomic E-state index is 7.27. The van der Waals surface area contributed by atoms with Gasteiger partial charge in [-0.25, -0.2) is 0 Å². The molecule has 2 unspecified atom stereocenters. The van der Waals surface area contributed by atoms with Gasteiger partial charge in [0, 0.05) is 0 Å². The molecule has 0 saturated carbocycles. The Balaban J connectivity index is 2.25. The van der Waals surface area contributed by atoms with E-state index in [-0.39, 0.29) is 0 Å². The molecule has 2 atom stereocenters. The molecule has 0 aromatic heterocycles. The van der Waals surface area contributed by atoms with Crippen molar-refractivity contribution in [3.05, 3.63) is 0 Å². The molecule has 2 heterocycles. The highest BCUT2D eigenvalue weighted by molar-refractivity contribution is 4.86. The first kappa shape index (κ1) is 0.858. The molecule has 2 fully saturated rings. The van der Waals surface area contributed by atoms with Crippen LogP contribution in [-0.4, -0.2) is 25.3 Å². The van der Waals surface area contributed by atoms with Crippen LogP contribution in [-0.2, 0) is 9.47 Å². The van der Waals surface area contributed by atoms with Crippen LogP contribution >= 0.6 is 0 Å². The number of ether oxygens (including phenoxy) is 2. The van der Waals surface area contributed by atoms with Crippen LogP contribution < -0.4 is 0 Å². The molecule has 0 amide bonds. The van der Waals surface area contributed by atoms with Gasteiger partial charge in [-0.3, -0.25) is 0 Å². The predicted octanol–water partition coefficient (Wildman–Crippen LogP) is -0.216. The molecule has 0 aromatic rings. The van der Waals surface area contributed by atoms with Crippen LogP contribution in [0.4, 0.5) is 0 Å². The van der Waals surface area contributed by atoms with Crippen molar-refractivity contribution in [2.75, 3.05) is 13.1 Å². The summed E-state index contributed by atoms with van der Waals surface area (Å²) in [6.45, 7) is -4.56. The third-order valence-corrected chi connectivity index (χ3v) is 0.614. The van der Waals surface area contributed by atoms with Crippen molar-refractivity contribution in [3.63, 3.8) is 0 Å². The van der Waals surface area contributed by atoms with E-state index in [0.717, 1.165) is 0 Å². The van der Waals surface area contributed by atoms with E-state index in [4.69, 9.17) is 8.22 Å². The normalized spacial score (nSPS) is 108. The summed E-state index contributed by atoms with van der Waals surface area (Å²) in [7, 11) is 0. The Morgan fingerprint density at radius 1 is 1.50 bits per heavy atom. The molecular weight excluding hydrogens is 80.0 g/mol. The molecule has 2 aliphatic heterocycles. The van der Waals surface area contributed by atoms with Gasteiger partial charge in [0.1, 0.15) is 12.2 Å². The van der Waals surface area contributed by atoms with Gasteiger partial charge in [-0.15, -0.1) is 0 Å². The minimum absolute atomic E-state index is 2.22. The summed E-state index contributed by atoms with van der Waals surface area (Å²) in [5.74, 6) is 0. The maximum atomic E-state index is 7.27. The third-order valence-electron chi connectivity index (χ3n) is 0.614. The van der Waals surface area contributed by atoms with Gasteiger partial charge in [0.05, 0.1) is 21.3 Å². The van der Waals surface area contributed by atoms with Gasteiger partial charge >= 0.3 is 0 Å². The average Bonchev–Trinajstić information content (AvgIpc) is 2.49. The van der Waals surface area contributed by atoms with E-state index in [2.05, 4.69) is 9.47 Å². The fourth-order valence-electron chi connectivity index (χ4n) is 0.236. The van der Waals surface area contributed by atoms with E-state index in [1.54, 1.807) is 0 Å². The van der Waals surface area contributed by atoms with Crippen LogP contribution in [0.15, 0.2) is 0 Å². The Morgan fingerprint density at radius 3 is 2.00 bits per heavy atom. The van der Waals surface area contributed by atoms with E-state index in [1.807, 2.05) is 0 Å². The zero-order valence-electron chi connectivity index (χ0n) is 8.82. The molecule has 0 radical (unpaired) electrons. The van der Waals surface area contributed by atoms with Gasteiger partial charge < -0.3 is 9.47 Å². The van der Waals surface area contributed by atoms with Crippen LogP contribution in [0.2, 0.25) is 0 Å². The highest BCUT2D eigenvalue weighted by Crippen LogP contribution is 2.25. The van der Waals surface area contributed by atoms with Crippen molar-refractivity contribution in [2.24, 2.45) is 0 Å². The van der Waals surface area contributed by atoms with Crippen molar-refractivity contribution in [2.45, 2.75) is 12.2 Å². The zero-order chi connectivity index (χ0) is 9.41. The molecule has 34 valence electrons. The summed E-state index contributed by atoms with van der Waals surface area (Å²) < 4.78 is 51.0. The van der Waals surface area contributed by atoms with Crippen molar-refractivity contribution in [1.29, 1.82) is 0 Å². The Bertz CT molecular complexity index is 228. The van der Waals surface area contributed by atoms with Crippen molar-refractivity contribution in [1.82, 2.24) is 0 Å². The summed E-state index contributed by atoms with van der Waals surface area (Å²) >= 11 is 0. The number of hydrogen-bond acceptors (Lipinski definition) is 2. The standard InChI is InChI=1S/C4H6O2/c1-3(5-1)4-2-6-4/h3-4H,1-2H2/i1D2,2D2,3D,4D. The third kappa shape index (κ3) is 0.340. The Labute approximate surface area is 44.5 Å². The minimum Gasteiger partial charge on any atom is -0.370 e.